The number of carbonyl (C=O) groups excluding carboxylic acids is 1. The van der Waals surface area contributed by atoms with E-state index in [9.17, 15) is 4.79 Å². The number of rotatable bonds is 7. The van der Waals surface area contributed by atoms with E-state index < -0.39 is 0 Å². The zero-order chi connectivity index (χ0) is 17.8. The van der Waals surface area contributed by atoms with E-state index >= 15 is 0 Å². The largest absolute Gasteiger partial charge is 0.365 e. The lowest BCUT2D eigenvalue weighted by molar-refractivity contribution is -0.149. The summed E-state index contributed by atoms with van der Waals surface area (Å²) in [4.78, 5) is 25.2. The molecule has 1 N–H and O–H groups in total. The predicted octanol–water partition coefficient (Wildman–Crippen LogP) is 1.24. The van der Waals surface area contributed by atoms with Crippen molar-refractivity contribution in [2.24, 2.45) is 11.8 Å². The van der Waals surface area contributed by atoms with Gasteiger partial charge in [0, 0.05) is 38.6 Å². The molecule has 1 atom stereocenters. The van der Waals surface area contributed by atoms with Crippen molar-refractivity contribution in [1.29, 1.82) is 0 Å². The number of amides is 1. The lowest BCUT2D eigenvalue weighted by Crippen LogP contribution is -2.51. The van der Waals surface area contributed by atoms with E-state index in [1.165, 1.54) is 45.3 Å². The summed E-state index contributed by atoms with van der Waals surface area (Å²) in [5.74, 6) is 2.31. The van der Waals surface area contributed by atoms with Crippen molar-refractivity contribution < 1.29 is 9.53 Å². The van der Waals surface area contributed by atoms with E-state index in [0.29, 0.717) is 25.0 Å². The van der Waals surface area contributed by atoms with Crippen molar-refractivity contribution in [3.8, 4) is 0 Å². The Kier molecular flexibility index (Phi) is 5.65. The summed E-state index contributed by atoms with van der Waals surface area (Å²) in [6.45, 7) is 6.00. The fourth-order valence-electron chi connectivity index (χ4n) is 3.90. The molecule has 1 aromatic rings. The van der Waals surface area contributed by atoms with E-state index in [1.54, 1.807) is 18.5 Å². The summed E-state index contributed by atoms with van der Waals surface area (Å²) in [5.41, 5.74) is 0. The molecule has 1 aromatic heterocycles. The quantitative estimate of drug-likeness (QED) is 0.790. The van der Waals surface area contributed by atoms with Crippen molar-refractivity contribution in [3.05, 3.63) is 18.5 Å². The minimum atomic E-state index is -0.00791. The van der Waals surface area contributed by atoms with E-state index in [4.69, 9.17) is 4.74 Å². The van der Waals surface area contributed by atoms with Gasteiger partial charge in [-0.3, -0.25) is 4.79 Å². The van der Waals surface area contributed by atoms with Gasteiger partial charge in [-0.2, -0.15) is 0 Å². The van der Waals surface area contributed by atoms with Crippen LogP contribution in [0.4, 0.5) is 5.95 Å². The average Bonchev–Trinajstić information content (AvgIpc) is 3.49. The molecule has 1 saturated carbocycles. The molecule has 1 aliphatic carbocycles. The second kappa shape index (κ2) is 8.31. The van der Waals surface area contributed by atoms with Crippen LogP contribution >= 0.6 is 0 Å². The van der Waals surface area contributed by atoms with Gasteiger partial charge >= 0.3 is 0 Å². The van der Waals surface area contributed by atoms with Crippen molar-refractivity contribution in [1.82, 2.24) is 19.8 Å². The fraction of sp³-hybridized carbons (Fsp3) is 0.737. The van der Waals surface area contributed by atoms with Crippen LogP contribution in [-0.4, -0.2) is 77.7 Å². The predicted molar refractivity (Wildman–Crippen MR) is 98.7 cm³/mol. The number of nitrogens with one attached hydrogen (secondary N) is 1. The molecule has 3 aliphatic rings. The van der Waals surface area contributed by atoms with Crippen LogP contribution < -0.4 is 5.32 Å². The third-order valence-electron chi connectivity index (χ3n) is 5.67. The number of aromatic nitrogens is 2. The molecular weight excluding hydrogens is 330 g/mol. The van der Waals surface area contributed by atoms with Gasteiger partial charge in [0.05, 0.1) is 6.10 Å². The van der Waals surface area contributed by atoms with Gasteiger partial charge in [0.25, 0.3) is 0 Å². The summed E-state index contributed by atoms with van der Waals surface area (Å²) in [6, 6.07) is 1.79. The summed E-state index contributed by atoms with van der Waals surface area (Å²) < 4.78 is 5.68. The molecule has 1 amide bonds. The number of hydrogen-bond donors (Lipinski definition) is 1. The Labute approximate surface area is 155 Å². The highest BCUT2D eigenvalue weighted by atomic mass is 16.5. The fourth-order valence-corrected chi connectivity index (χ4v) is 3.90. The van der Waals surface area contributed by atoms with Gasteiger partial charge in [-0.1, -0.05) is 0 Å². The molecular formula is C19H29N5O2. The van der Waals surface area contributed by atoms with Gasteiger partial charge in [0.15, 0.2) is 0 Å². The Morgan fingerprint density at radius 1 is 1.08 bits per heavy atom. The van der Waals surface area contributed by atoms with E-state index in [0.717, 1.165) is 12.5 Å². The number of likely N-dealkylation sites (tertiary alicyclic amines) is 1. The first-order valence-electron chi connectivity index (χ1n) is 9.89. The minimum absolute atomic E-state index is 0.00791. The molecule has 7 nitrogen and oxygen atoms in total. The third kappa shape index (κ3) is 4.92. The van der Waals surface area contributed by atoms with Crippen LogP contribution in [0.15, 0.2) is 18.5 Å². The summed E-state index contributed by atoms with van der Waals surface area (Å²) >= 11 is 0. The highest BCUT2D eigenvalue weighted by molar-refractivity contribution is 5.78. The lowest BCUT2D eigenvalue weighted by atomic mass is 9.95. The van der Waals surface area contributed by atoms with Crippen LogP contribution in [0, 0.1) is 11.8 Å². The van der Waals surface area contributed by atoms with Crippen molar-refractivity contribution in [3.63, 3.8) is 0 Å². The number of piperidine rings is 1. The van der Waals surface area contributed by atoms with Crippen molar-refractivity contribution in [2.45, 2.75) is 31.8 Å². The van der Waals surface area contributed by atoms with Crippen molar-refractivity contribution in [2.75, 3.05) is 51.2 Å². The molecule has 3 heterocycles. The molecule has 3 fully saturated rings. The Morgan fingerprint density at radius 2 is 1.81 bits per heavy atom. The van der Waals surface area contributed by atoms with Crippen LogP contribution in [0.5, 0.6) is 0 Å². The normalized spacial score (nSPS) is 25.5. The Balaban J connectivity index is 1.21. The average molecular weight is 359 g/mol. The summed E-state index contributed by atoms with van der Waals surface area (Å²) in [5, 5.41) is 3.19. The van der Waals surface area contributed by atoms with Gasteiger partial charge in [0.2, 0.25) is 11.9 Å². The number of nitrogens with zero attached hydrogens (tertiary/aromatic N) is 4. The van der Waals surface area contributed by atoms with Gasteiger partial charge in [-0.05, 0) is 56.7 Å². The van der Waals surface area contributed by atoms with Gasteiger partial charge in [-0.15, -0.1) is 0 Å². The molecule has 0 spiro atoms. The van der Waals surface area contributed by atoms with E-state index in [-0.39, 0.29) is 18.6 Å². The Bertz CT molecular complexity index is 587. The molecule has 26 heavy (non-hydrogen) atoms. The topological polar surface area (TPSA) is 70.6 Å². The van der Waals surface area contributed by atoms with Crippen LogP contribution in [0.25, 0.3) is 0 Å². The first-order valence-corrected chi connectivity index (χ1v) is 9.89. The van der Waals surface area contributed by atoms with Gasteiger partial charge in [-0.25, -0.2) is 9.97 Å². The van der Waals surface area contributed by atoms with Crippen LogP contribution in [0.2, 0.25) is 0 Å². The molecule has 0 unspecified atom stereocenters. The first-order chi connectivity index (χ1) is 12.8. The highest BCUT2D eigenvalue weighted by Gasteiger charge is 2.31. The second-order valence-corrected chi connectivity index (χ2v) is 7.87. The van der Waals surface area contributed by atoms with Crippen LogP contribution in [0.3, 0.4) is 0 Å². The first kappa shape index (κ1) is 17.7. The molecule has 142 valence electrons. The summed E-state index contributed by atoms with van der Waals surface area (Å²) in [7, 11) is 0. The molecule has 0 bridgehead atoms. The Morgan fingerprint density at radius 3 is 2.54 bits per heavy atom. The van der Waals surface area contributed by atoms with Crippen LogP contribution in [-0.2, 0) is 9.53 Å². The summed E-state index contributed by atoms with van der Waals surface area (Å²) in [6.07, 6.45) is 8.67. The van der Waals surface area contributed by atoms with E-state index in [2.05, 4.69) is 20.2 Å². The molecule has 4 rings (SSSR count). The maximum absolute atomic E-state index is 12.3. The monoisotopic (exact) mass is 359 g/mol. The zero-order valence-electron chi connectivity index (χ0n) is 15.3. The number of carbonyl (C=O) groups is 1. The maximum Gasteiger partial charge on any atom is 0.248 e. The van der Waals surface area contributed by atoms with Gasteiger partial charge in [0.1, 0.15) is 6.61 Å². The van der Waals surface area contributed by atoms with Crippen molar-refractivity contribution >= 4 is 11.9 Å². The minimum Gasteiger partial charge on any atom is -0.365 e. The highest BCUT2D eigenvalue weighted by Crippen LogP contribution is 2.31. The molecule has 2 aliphatic heterocycles. The molecule has 7 heteroatoms. The number of ether oxygens (including phenoxy) is 1. The standard InChI is InChI=1S/C19H29N5O2/c25-18-14-26-17(10-22-19-20-6-1-7-21-19)13-24(18)12-16-4-8-23(9-5-16)11-15-2-3-15/h1,6-7,15-17H,2-5,8-14H2,(H,20,21,22)/t17-/m1/s1. The molecule has 2 saturated heterocycles. The molecule has 0 radical (unpaired) electrons. The number of anilines is 1. The van der Waals surface area contributed by atoms with Gasteiger partial charge < -0.3 is 19.9 Å². The second-order valence-electron chi connectivity index (χ2n) is 7.87. The Hall–Kier alpha value is -1.73. The maximum atomic E-state index is 12.3. The number of morpholine rings is 1. The van der Waals surface area contributed by atoms with E-state index in [1.807, 2.05) is 4.90 Å². The smallest absolute Gasteiger partial charge is 0.248 e. The SMILES string of the molecule is O=C1CO[C@H](CNc2ncccn2)CN1CC1CCN(CC2CC2)CC1. The number of hydrogen-bond acceptors (Lipinski definition) is 6. The molecule has 0 aromatic carbocycles. The van der Waals surface area contributed by atoms with Crippen LogP contribution in [0.1, 0.15) is 25.7 Å². The third-order valence-corrected chi connectivity index (χ3v) is 5.67. The zero-order valence-corrected chi connectivity index (χ0v) is 15.3. The lowest BCUT2D eigenvalue weighted by Gasteiger charge is -2.38.